The van der Waals surface area contributed by atoms with Crippen LogP contribution in [0.2, 0.25) is 5.02 Å². The van der Waals surface area contributed by atoms with Crippen LogP contribution >= 0.6 is 34.7 Å². The second-order valence-corrected chi connectivity index (χ2v) is 35.4. The summed E-state index contributed by atoms with van der Waals surface area (Å²) in [6.07, 6.45) is 6.53. The average Bonchev–Trinajstić information content (AvgIpc) is 0.849. The molecule has 5 amide bonds. The number of aliphatic hydroxyl groups excluding tert-OH is 1. The van der Waals surface area contributed by atoms with Crippen LogP contribution in [-0.4, -0.2) is 194 Å². The van der Waals surface area contributed by atoms with E-state index in [9.17, 15) is 59.1 Å². The number of thioether (sulfide) groups is 1. The molecule has 0 unspecified atom stereocenters. The Labute approximate surface area is 626 Å². The van der Waals surface area contributed by atoms with E-state index in [1.54, 1.807) is 21.7 Å². The molecule has 22 nitrogen and oxygen atoms in total. The van der Waals surface area contributed by atoms with Gasteiger partial charge < -0.3 is 35.8 Å². The number of rotatable bonds is 28. The third-order valence-corrected chi connectivity index (χ3v) is 25.1. The maximum atomic E-state index is 14.6. The molecule has 5 atom stereocenters. The van der Waals surface area contributed by atoms with E-state index < -0.39 is 94.3 Å². The fraction of sp³-hybridized carbons (Fsp3) is 0.493. The van der Waals surface area contributed by atoms with Crippen molar-refractivity contribution in [1.82, 2.24) is 49.9 Å². The number of hydrogen-bond acceptors (Lipinski definition) is 19. The molecule has 10 rings (SSSR count). The molecule has 4 aromatic carbocycles. The zero-order valence-electron chi connectivity index (χ0n) is 60.3. The predicted molar refractivity (Wildman–Crippen MR) is 403 cm³/mol. The number of nitrogens with zero attached hydrogens (tertiary/aromatic N) is 8. The summed E-state index contributed by atoms with van der Waals surface area (Å²) in [5, 5.41) is 20.4. The number of unbranched alkanes of at least 4 members (excludes halogenated alkanes) is 2. The predicted octanol–water partition coefficient (Wildman–Crippen LogP) is 11.2. The smallest absolute Gasteiger partial charge is 0.391 e. The minimum Gasteiger partial charge on any atom is -0.391 e. The van der Waals surface area contributed by atoms with Gasteiger partial charge in [-0.25, -0.2) is 36.5 Å². The summed E-state index contributed by atoms with van der Waals surface area (Å²) < 4.78 is 100. The van der Waals surface area contributed by atoms with Crippen molar-refractivity contribution in [3.63, 3.8) is 0 Å². The van der Waals surface area contributed by atoms with Crippen LogP contribution in [0.25, 0.3) is 16.0 Å². The summed E-state index contributed by atoms with van der Waals surface area (Å²) in [6, 6.07) is 24.2. The van der Waals surface area contributed by atoms with E-state index in [-0.39, 0.29) is 60.8 Å². The van der Waals surface area contributed by atoms with Crippen LogP contribution in [-0.2, 0) is 39.0 Å². The number of carbonyl (C=O) groups excluding carboxylic acids is 5. The Balaban J connectivity index is 0.690. The largest absolute Gasteiger partial charge is 0.501 e. The molecule has 3 saturated heterocycles. The van der Waals surface area contributed by atoms with Crippen LogP contribution in [0.4, 0.5) is 24.8 Å². The van der Waals surface area contributed by atoms with Crippen molar-refractivity contribution in [2.45, 2.75) is 163 Å². The van der Waals surface area contributed by atoms with E-state index in [1.165, 1.54) is 33.4 Å². The Morgan fingerprint density at radius 1 is 0.800 bits per heavy atom. The first-order chi connectivity index (χ1) is 49.7. The number of amides is 5. The highest BCUT2D eigenvalue weighted by Crippen LogP contribution is 2.44. The molecule has 0 saturated carbocycles. The fourth-order valence-electron chi connectivity index (χ4n) is 13.8. The van der Waals surface area contributed by atoms with E-state index in [2.05, 4.69) is 66.7 Å². The second-order valence-electron chi connectivity index (χ2n) is 29.4. The molecule has 105 heavy (non-hydrogen) atoms. The average molecular weight is 1540 g/mol. The number of halogens is 4. The Bertz CT molecular complexity index is 4300. The maximum absolute atomic E-state index is 14.6. The van der Waals surface area contributed by atoms with Crippen LogP contribution < -0.4 is 25.6 Å². The van der Waals surface area contributed by atoms with E-state index in [1.807, 2.05) is 111 Å². The van der Waals surface area contributed by atoms with Crippen molar-refractivity contribution in [1.29, 1.82) is 0 Å². The molecule has 1 aliphatic carbocycles. The molecular weight excluding hydrogens is 1450 g/mol. The monoisotopic (exact) mass is 1540 g/mol. The van der Waals surface area contributed by atoms with Crippen molar-refractivity contribution < 1.29 is 59.1 Å². The molecule has 5 N–H and O–H groups in total. The Kier molecular flexibility index (Phi) is 26.4. The summed E-state index contributed by atoms with van der Waals surface area (Å²) in [6.45, 7) is 19.2. The fourth-order valence-corrected chi connectivity index (χ4v) is 17.7. The summed E-state index contributed by atoms with van der Waals surface area (Å²) in [5.41, 5.74) is 1.33. The molecule has 0 bridgehead atoms. The van der Waals surface area contributed by atoms with Gasteiger partial charge in [0.05, 0.1) is 44.4 Å². The number of carbonyl (C=O) groups is 5. The van der Waals surface area contributed by atoms with Gasteiger partial charge in [0.2, 0.25) is 29.6 Å². The summed E-state index contributed by atoms with van der Waals surface area (Å²) in [5.74, 6) is -1.94. The van der Waals surface area contributed by atoms with Crippen molar-refractivity contribution in [2.24, 2.45) is 10.8 Å². The molecule has 0 radical (unpaired) electrons. The SMILES string of the molecule is Cc1ncsc1-c1ccc([C@H](C)NC(=O)[C@@H]2C[C@@H](O)CN2C(=O)[C@@H](NC(=O)CCCCCC(=O)N2CCN(CC[C@H](CSc3ccccc3)Nc3ccc(S(=O)(=O)NC(=O)c4cnc(N5CCN(CC6=C(c7ccc(Cl)cc7)CCC(C)(C)C6)CC5)nc4)cc3S(=O)(=O)C(F)(F)F)CC2)C(C)(C)C)cc1. The van der Waals surface area contributed by atoms with Crippen LogP contribution in [0.15, 0.2) is 135 Å². The van der Waals surface area contributed by atoms with Gasteiger partial charge in [-0.1, -0.05) is 113 Å². The number of sulfone groups is 1. The highest BCUT2D eigenvalue weighted by Gasteiger charge is 2.49. The first-order valence-corrected chi connectivity index (χ1v) is 40.7. The minimum atomic E-state index is -6.20. The van der Waals surface area contributed by atoms with E-state index in [0.717, 1.165) is 76.9 Å². The molecule has 0 spiro atoms. The summed E-state index contributed by atoms with van der Waals surface area (Å²) in [7, 11) is -11.2. The number of anilines is 2. The van der Waals surface area contributed by atoms with Crippen LogP contribution in [0, 0.1) is 17.8 Å². The number of sulfonamides is 1. The van der Waals surface area contributed by atoms with Gasteiger partial charge in [0.15, 0.2) is 0 Å². The number of likely N-dealkylation sites (tertiary alicyclic amines) is 1. The number of aryl methyl sites for hydroxylation is 1. The number of alkyl halides is 3. The number of benzene rings is 4. The topological polar surface area (TPSA) is 277 Å². The molecule has 30 heteroatoms. The van der Waals surface area contributed by atoms with E-state index >= 15 is 0 Å². The Morgan fingerprint density at radius 2 is 1.46 bits per heavy atom. The molecule has 4 aliphatic rings. The molecule has 6 aromatic rings. The number of hydrogen-bond donors (Lipinski definition) is 5. The van der Waals surface area contributed by atoms with Crippen molar-refractivity contribution in [3.8, 4) is 10.4 Å². The highest BCUT2D eigenvalue weighted by molar-refractivity contribution is 7.99. The van der Waals surface area contributed by atoms with Gasteiger partial charge in [-0.15, -0.1) is 23.1 Å². The zero-order chi connectivity index (χ0) is 75.6. The number of β-amino-alcohol motifs (C(OH)–C–C–N with tert-alkyl or cyclic N) is 1. The second kappa shape index (κ2) is 34.6. The minimum absolute atomic E-state index is 0.0453. The van der Waals surface area contributed by atoms with Crippen molar-refractivity contribution in [2.75, 3.05) is 88.0 Å². The molecule has 3 fully saturated rings. The van der Waals surface area contributed by atoms with Crippen LogP contribution in [0.5, 0.6) is 0 Å². The summed E-state index contributed by atoms with van der Waals surface area (Å²) >= 11 is 9.14. The van der Waals surface area contributed by atoms with Crippen LogP contribution in [0.1, 0.15) is 139 Å². The number of aliphatic hydroxyl groups is 1. The number of allylic oxidation sites excluding steroid dienone is 1. The van der Waals surface area contributed by atoms with Gasteiger partial charge >= 0.3 is 5.51 Å². The highest BCUT2D eigenvalue weighted by atomic mass is 35.5. The normalized spacial score (nSPS) is 18.7. The van der Waals surface area contributed by atoms with Gasteiger partial charge in [-0.3, -0.25) is 33.8 Å². The zero-order valence-corrected chi connectivity index (χ0v) is 64.3. The molecular formula is C75H94ClF3N12O10S4. The third kappa shape index (κ3) is 21.0. The molecule has 566 valence electrons. The van der Waals surface area contributed by atoms with E-state index in [0.29, 0.717) is 95.2 Å². The number of aromatic nitrogens is 3. The van der Waals surface area contributed by atoms with Gasteiger partial charge in [0.1, 0.15) is 17.0 Å². The lowest BCUT2D eigenvalue weighted by Crippen LogP contribution is -2.57. The maximum Gasteiger partial charge on any atom is 0.501 e. The summed E-state index contributed by atoms with van der Waals surface area (Å²) in [4.78, 5) is 90.9. The first kappa shape index (κ1) is 80.0. The van der Waals surface area contributed by atoms with Gasteiger partial charge in [0, 0.05) is 125 Å². The number of nitrogens with one attached hydrogen (secondary N) is 4. The van der Waals surface area contributed by atoms with Gasteiger partial charge in [0.25, 0.3) is 25.8 Å². The van der Waals surface area contributed by atoms with Gasteiger partial charge in [-0.2, -0.15) is 13.2 Å². The number of thiazole rings is 1. The van der Waals surface area contributed by atoms with Crippen LogP contribution in [0.3, 0.4) is 0 Å². The third-order valence-electron chi connectivity index (χ3n) is 19.8. The Hall–Kier alpha value is -7.51. The van der Waals surface area contributed by atoms with Crippen molar-refractivity contribution >= 4 is 101 Å². The first-order valence-electron chi connectivity index (χ1n) is 35.5. The van der Waals surface area contributed by atoms with E-state index in [4.69, 9.17) is 11.6 Å². The lowest BCUT2D eigenvalue weighted by atomic mass is 9.73. The lowest BCUT2D eigenvalue weighted by molar-refractivity contribution is -0.144. The number of piperazine rings is 2. The molecule has 2 aromatic heterocycles. The quantitative estimate of drug-likeness (QED) is 0.0225. The molecule has 3 aliphatic heterocycles. The molecule has 5 heterocycles. The van der Waals surface area contributed by atoms with Crippen molar-refractivity contribution in [3.05, 3.63) is 148 Å². The standard InChI is InChI=1S/C75H94ClF3N12O10S4/c1-49(51-18-20-53(21-19-51)67-50(2)82-48-103-67)83-70(96)63-40-58(92)46-91(63)71(97)68(73(3,4)5)85-65(93)16-12-9-13-17-66(94)89-36-32-87(33-37-89)31-29-57(47-102-59-14-10-8-11-15-59)84-62-27-26-60(41-64(62)104(98,99)75(77,78)79)105(100,101)86-69(95)55-43-80-72(81-44-55)90-38-34-88(35-39-90)45-54-42-74(6,7)30-28-61(54)52-22-24-56(76)25-23-52/h8,10-11,14-15,18-27,41,43-44,48-49,57-58,63,68,84,92H,9,12-13,16-17,28-40,42,45-47H2,1-7H3,(H,83,96)(H,85,93)(H,86,95)/t49-,57+,58+,63-,68+/m0/s1. The lowest BCUT2D eigenvalue weighted by Gasteiger charge is -2.39. The Morgan fingerprint density at radius 3 is 2.10 bits per heavy atom. The van der Waals surface area contributed by atoms with Gasteiger partial charge in [-0.05, 0) is 128 Å².